The van der Waals surface area contributed by atoms with Gasteiger partial charge in [0.1, 0.15) is 14.5 Å². The zero-order valence-corrected chi connectivity index (χ0v) is 29.2. The van der Waals surface area contributed by atoms with E-state index in [1.54, 1.807) is 25.6 Å². The first-order chi connectivity index (χ1) is 20.4. The molecule has 0 aliphatic heterocycles. The third kappa shape index (κ3) is 17.5. The number of alkyl carbamates (subject to hydrolysis) is 1. The average molecular weight is 643 g/mol. The van der Waals surface area contributed by atoms with E-state index in [4.69, 9.17) is 28.8 Å². The number of hydrazine groups is 1. The minimum atomic E-state index is -1.11. The molecule has 0 heterocycles. The Hall–Kier alpha value is -2.03. The summed E-state index contributed by atoms with van der Waals surface area (Å²) in [7, 11) is 6.17. The van der Waals surface area contributed by atoms with Crippen LogP contribution in [0.15, 0.2) is 0 Å². The van der Waals surface area contributed by atoms with Crippen LogP contribution in [0.3, 0.4) is 0 Å². The molecule has 0 spiro atoms. The van der Waals surface area contributed by atoms with Gasteiger partial charge in [-0.1, -0.05) is 60.8 Å². The predicted molar refractivity (Wildman–Crippen MR) is 178 cm³/mol. The number of nitrogens with one attached hydrogen (secondary N) is 4. The van der Waals surface area contributed by atoms with Gasteiger partial charge in [0.15, 0.2) is 0 Å². The molecular weight excluding hydrogens is 583 g/mol. The predicted octanol–water partition coefficient (Wildman–Crippen LogP) is 2.33. The van der Waals surface area contributed by atoms with E-state index in [0.717, 1.165) is 25.7 Å². The monoisotopic (exact) mass is 642 g/mol. The van der Waals surface area contributed by atoms with Gasteiger partial charge in [-0.05, 0) is 45.4 Å². The largest absolute Gasteiger partial charge is 0.448 e. The van der Waals surface area contributed by atoms with Gasteiger partial charge in [-0.25, -0.2) is 10.2 Å². The standard InChI is InChI=1S/C30H59BN6O6S/c1-10-12-13-29(8,18-42-28(41)36-22(6)21(5)19(3)11-2)44-23(7)25(33)27(40)37-35-14-15-43-30(9,31)16-20(4)26(39)34-17-24(32)38/h19-23,25,35H,10-18,33H2,1-9H3,(H2,32,38)(H,34,39)(H,36,41)(H,37,40)/t19?,20?,21?,22?,23-,25?,29+,30?/m0/s1. The van der Waals surface area contributed by atoms with Gasteiger partial charge >= 0.3 is 6.09 Å². The number of ether oxygens (including phenoxy) is 2. The van der Waals surface area contributed by atoms with Crippen LogP contribution in [-0.2, 0) is 23.9 Å². The van der Waals surface area contributed by atoms with E-state index in [-0.39, 0.29) is 55.8 Å². The van der Waals surface area contributed by atoms with Crippen molar-refractivity contribution in [2.45, 2.75) is 122 Å². The molecule has 0 aromatic heterocycles. The molecule has 4 amide bonds. The lowest BCUT2D eigenvalue weighted by molar-refractivity contribution is -0.128. The Morgan fingerprint density at radius 2 is 1.66 bits per heavy atom. The molecule has 12 nitrogen and oxygen atoms in total. The van der Waals surface area contributed by atoms with E-state index >= 15 is 0 Å². The number of amides is 4. The van der Waals surface area contributed by atoms with E-state index in [9.17, 15) is 19.2 Å². The fraction of sp³-hybridized carbons (Fsp3) is 0.867. The number of unbranched alkanes of at least 4 members (excludes halogenated alkanes) is 1. The molecule has 2 radical (unpaired) electrons. The SMILES string of the molecule is [B]C(C)(CC(C)C(=O)NCC(N)=O)OCCNNC(=O)C(N)[C@H](C)S[C@](C)(CCCC)COC(=O)NC(C)C(C)C(C)CC. The van der Waals surface area contributed by atoms with Crippen LogP contribution in [0, 0.1) is 17.8 Å². The zero-order valence-electron chi connectivity index (χ0n) is 28.4. The molecule has 8 N–H and O–H groups in total. The van der Waals surface area contributed by atoms with E-state index in [1.807, 2.05) is 20.8 Å². The summed E-state index contributed by atoms with van der Waals surface area (Å²) in [6.07, 6.45) is 3.55. The number of rotatable bonds is 23. The van der Waals surface area contributed by atoms with Crippen LogP contribution >= 0.6 is 11.8 Å². The van der Waals surface area contributed by atoms with E-state index in [1.165, 1.54) is 0 Å². The van der Waals surface area contributed by atoms with Crippen molar-refractivity contribution < 1.29 is 28.7 Å². The first-order valence-corrected chi connectivity index (χ1v) is 16.6. The number of nitrogens with two attached hydrogens (primary N) is 2. The number of thioether (sulfide) groups is 1. The van der Waals surface area contributed by atoms with Crippen molar-refractivity contribution in [3.05, 3.63) is 0 Å². The second-order valence-corrected chi connectivity index (χ2v) is 14.5. The van der Waals surface area contributed by atoms with Crippen molar-refractivity contribution in [3.63, 3.8) is 0 Å². The van der Waals surface area contributed by atoms with Gasteiger partial charge in [0.2, 0.25) is 11.8 Å². The van der Waals surface area contributed by atoms with Crippen LogP contribution in [0.4, 0.5) is 4.79 Å². The van der Waals surface area contributed by atoms with E-state index in [0.29, 0.717) is 11.8 Å². The van der Waals surface area contributed by atoms with Gasteiger partial charge in [0.25, 0.3) is 5.91 Å². The summed E-state index contributed by atoms with van der Waals surface area (Å²) in [6.45, 7) is 18.2. The lowest BCUT2D eigenvalue weighted by atomic mass is 9.76. The molecule has 14 heteroatoms. The van der Waals surface area contributed by atoms with Crippen molar-refractivity contribution >= 4 is 43.4 Å². The van der Waals surface area contributed by atoms with Gasteiger partial charge in [-0.2, -0.15) is 0 Å². The first kappa shape index (κ1) is 42.0. The second kappa shape index (κ2) is 20.9. The Labute approximate surface area is 270 Å². The molecule has 44 heavy (non-hydrogen) atoms. The maximum atomic E-state index is 12.8. The van der Waals surface area contributed by atoms with E-state index in [2.05, 4.69) is 49.2 Å². The first-order valence-electron chi connectivity index (χ1n) is 15.8. The molecule has 0 bridgehead atoms. The molecule has 0 aliphatic carbocycles. The molecule has 0 rings (SSSR count). The highest BCUT2D eigenvalue weighted by Gasteiger charge is 2.33. The third-order valence-corrected chi connectivity index (χ3v) is 9.54. The van der Waals surface area contributed by atoms with Gasteiger partial charge in [-0.3, -0.25) is 19.8 Å². The van der Waals surface area contributed by atoms with Gasteiger partial charge in [0.05, 0.1) is 19.2 Å². The Morgan fingerprint density at radius 3 is 2.23 bits per heavy atom. The van der Waals surface area contributed by atoms with Crippen LogP contribution in [0.2, 0.25) is 0 Å². The third-order valence-electron chi connectivity index (χ3n) is 7.99. The van der Waals surface area contributed by atoms with Crippen LogP contribution in [0.25, 0.3) is 0 Å². The second-order valence-electron chi connectivity index (χ2n) is 12.5. The summed E-state index contributed by atoms with van der Waals surface area (Å²) in [4.78, 5) is 48.3. The normalized spacial score (nSPS) is 18.3. The number of hydrogen-bond acceptors (Lipinski definition) is 9. The maximum Gasteiger partial charge on any atom is 0.407 e. The summed E-state index contributed by atoms with van der Waals surface area (Å²) in [6, 6.07) is -0.830. The number of carbonyl (C=O) groups excluding carboxylic acids is 4. The molecule has 0 aromatic carbocycles. The topological polar surface area (TPSA) is 187 Å². The van der Waals surface area contributed by atoms with Crippen LogP contribution in [-0.4, -0.2) is 85.5 Å². The van der Waals surface area contributed by atoms with E-state index < -0.39 is 34.2 Å². The van der Waals surface area contributed by atoms with Gasteiger partial charge in [0, 0.05) is 34.0 Å². The van der Waals surface area contributed by atoms with Crippen molar-refractivity contribution in [2.75, 3.05) is 26.3 Å². The smallest absolute Gasteiger partial charge is 0.407 e. The average Bonchev–Trinajstić information content (AvgIpc) is 2.95. The summed E-state index contributed by atoms with van der Waals surface area (Å²) in [5.41, 5.74) is 15.6. The van der Waals surface area contributed by atoms with Gasteiger partial charge in [-0.15, -0.1) is 11.8 Å². The number of hydrogen-bond donors (Lipinski definition) is 6. The van der Waals surface area contributed by atoms with Crippen molar-refractivity contribution in [2.24, 2.45) is 29.2 Å². The molecule has 0 aliphatic rings. The minimum Gasteiger partial charge on any atom is -0.448 e. The summed E-state index contributed by atoms with van der Waals surface area (Å²) >= 11 is 1.54. The lowest BCUT2D eigenvalue weighted by Gasteiger charge is -2.33. The molecule has 254 valence electrons. The lowest BCUT2D eigenvalue weighted by Crippen LogP contribution is -2.52. The van der Waals surface area contributed by atoms with Crippen molar-refractivity contribution in [1.29, 1.82) is 0 Å². The highest BCUT2D eigenvalue weighted by molar-refractivity contribution is 8.01. The Balaban J connectivity index is 4.76. The molecule has 0 saturated heterocycles. The number of primary amides is 1. The Morgan fingerprint density at radius 1 is 1.02 bits per heavy atom. The van der Waals surface area contributed by atoms with Gasteiger partial charge < -0.3 is 31.6 Å². The summed E-state index contributed by atoms with van der Waals surface area (Å²) in [5, 5.41) is 5.14. The molecule has 6 unspecified atom stereocenters. The minimum absolute atomic E-state index is 0.0101. The fourth-order valence-electron chi connectivity index (χ4n) is 4.57. The quantitative estimate of drug-likeness (QED) is 0.0553. The molecule has 8 atom stereocenters. The van der Waals surface area contributed by atoms with Crippen molar-refractivity contribution in [1.82, 2.24) is 21.5 Å². The Bertz CT molecular complexity index is 900. The fourth-order valence-corrected chi connectivity index (χ4v) is 6.13. The number of carbonyl (C=O) groups is 4. The molecular formula is C30H59BN6O6S. The Kier molecular flexibility index (Phi) is 19.9. The van der Waals surface area contributed by atoms with Crippen LogP contribution in [0.1, 0.15) is 94.4 Å². The molecule has 0 fully saturated rings. The zero-order chi connectivity index (χ0) is 34.1. The molecule has 0 aromatic rings. The highest BCUT2D eigenvalue weighted by atomic mass is 32.2. The highest BCUT2D eigenvalue weighted by Crippen LogP contribution is 2.35. The van der Waals surface area contributed by atoms with Crippen molar-refractivity contribution in [3.8, 4) is 0 Å². The summed E-state index contributed by atoms with van der Waals surface area (Å²) < 4.78 is 10.9. The maximum absolute atomic E-state index is 12.8. The van der Waals surface area contributed by atoms with Crippen LogP contribution < -0.4 is 33.0 Å². The molecule has 0 saturated carbocycles. The van der Waals surface area contributed by atoms with Crippen LogP contribution in [0.5, 0.6) is 0 Å². The summed E-state index contributed by atoms with van der Waals surface area (Å²) in [5.74, 6) is -1.06.